The van der Waals surface area contributed by atoms with Gasteiger partial charge in [0.15, 0.2) is 0 Å². The molecule has 0 aliphatic heterocycles. The van der Waals surface area contributed by atoms with Crippen LogP contribution in [0.25, 0.3) is 0 Å². The summed E-state index contributed by atoms with van der Waals surface area (Å²) in [6, 6.07) is 8.12. The Hall–Kier alpha value is -0.330. The van der Waals surface area contributed by atoms with E-state index in [9.17, 15) is 0 Å². The Labute approximate surface area is 136 Å². The summed E-state index contributed by atoms with van der Waals surface area (Å²) in [7, 11) is 1.76. The molecule has 0 saturated carbocycles. The normalized spacial score (nSPS) is 14.0. The molecule has 4 heteroatoms. The average Bonchev–Trinajstić information content (AvgIpc) is 2.48. The van der Waals surface area contributed by atoms with E-state index < -0.39 is 0 Å². The van der Waals surface area contributed by atoms with Crippen molar-refractivity contribution in [2.45, 2.75) is 32.3 Å². The fourth-order valence-corrected chi connectivity index (χ4v) is 2.29. The van der Waals surface area contributed by atoms with Gasteiger partial charge >= 0.3 is 0 Å². The second-order valence-electron chi connectivity index (χ2n) is 5.17. The van der Waals surface area contributed by atoms with Crippen LogP contribution in [0.1, 0.15) is 25.3 Å². The molecule has 1 aromatic rings. The van der Waals surface area contributed by atoms with Gasteiger partial charge in [-0.25, -0.2) is 0 Å². The summed E-state index contributed by atoms with van der Waals surface area (Å²) in [6.45, 7) is 6.34. The molecule has 1 aromatic carbocycles. The predicted octanol–water partition coefficient (Wildman–Crippen LogP) is 4.01. The van der Waals surface area contributed by atoms with E-state index >= 15 is 0 Å². The van der Waals surface area contributed by atoms with Gasteiger partial charge in [-0.15, -0.1) is 0 Å². The third-order valence-electron chi connectivity index (χ3n) is 3.27. The number of methoxy groups -OCH3 is 1. The Morgan fingerprint density at radius 1 is 1.10 bits per heavy atom. The summed E-state index contributed by atoms with van der Waals surface area (Å²) < 4.78 is 17.7. The molecule has 0 amide bonds. The molecule has 1 rings (SSSR count). The van der Waals surface area contributed by atoms with Gasteiger partial charge in [-0.1, -0.05) is 40.3 Å². The predicted molar refractivity (Wildman–Crippen MR) is 91.0 cm³/mol. The number of hydrogen-bond acceptors (Lipinski definition) is 3. The molecule has 20 heavy (non-hydrogen) atoms. The van der Waals surface area contributed by atoms with E-state index in [4.69, 9.17) is 14.2 Å². The lowest BCUT2D eigenvalue weighted by atomic mass is 10.1. The van der Waals surface area contributed by atoms with Crippen molar-refractivity contribution in [1.29, 1.82) is 0 Å². The molecule has 0 aromatic heterocycles. The van der Waals surface area contributed by atoms with Crippen molar-refractivity contribution in [3.8, 4) is 5.75 Å². The maximum atomic E-state index is 5.64. The minimum atomic E-state index is -0.0705. The summed E-state index contributed by atoms with van der Waals surface area (Å²) in [6.07, 6.45) is 1.83. The molecule has 0 aliphatic rings. The van der Waals surface area contributed by atoms with Gasteiger partial charge in [-0.2, -0.15) is 0 Å². The fourth-order valence-electron chi connectivity index (χ4n) is 1.60. The highest BCUT2D eigenvalue weighted by molar-refractivity contribution is 14.1. The summed E-state index contributed by atoms with van der Waals surface area (Å²) in [5.41, 5.74) is 1.18. The third kappa shape index (κ3) is 6.90. The Bertz CT molecular complexity index is 360. The van der Waals surface area contributed by atoms with Crippen molar-refractivity contribution >= 4 is 22.6 Å². The number of ether oxygens (including phenoxy) is 3. The number of halogens is 1. The first-order chi connectivity index (χ1) is 9.59. The summed E-state index contributed by atoms with van der Waals surface area (Å²) >= 11 is 2.35. The second kappa shape index (κ2) is 9.58. The van der Waals surface area contributed by atoms with E-state index in [2.05, 4.69) is 48.6 Å². The molecular formula is C16H25IO3. The first-order valence-electron chi connectivity index (χ1n) is 6.98. The second-order valence-corrected chi connectivity index (χ2v) is 5.93. The number of hydrogen-bond donors (Lipinski definition) is 0. The zero-order valence-corrected chi connectivity index (χ0v) is 14.8. The monoisotopic (exact) mass is 392 g/mol. The van der Waals surface area contributed by atoms with Crippen LogP contribution in [0.2, 0.25) is 0 Å². The number of rotatable bonds is 10. The van der Waals surface area contributed by atoms with Gasteiger partial charge < -0.3 is 14.2 Å². The smallest absolute Gasteiger partial charge is 0.119 e. The van der Waals surface area contributed by atoms with Gasteiger partial charge in [0, 0.05) is 37.6 Å². The molecule has 0 bridgehead atoms. The van der Waals surface area contributed by atoms with E-state index in [1.165, 1.54) is 5.56 Å². The van der Waals surface area contributed by atoms with E-state index in [-0.39, 0.29) is 5.60 Å². The van der Waals surface area contributed by atoms with Crippen molar-refractivity contribution in [2.24, 2.45) is 0 Å². The third-order valence-corrected chi connectivity index (χ3v) is 4.89. The molecule has 3 nitrogen and oxygen atoms in total. The quantitative estimate of drug-likeness (QED) is 0.342. The fraction of sp³-hybridized carbons (Fsp3) is 0.625. The summed E-state index contributed by atoms with van der Waals surface area (Å²) in [4.78, 5) is 0. The number of alkyl halides is 1. The Morgan fingerprint density at radius 3 is 2.40 bits per heavy atom. The summed E-state index contributed by atoms with van der Waals surface area (Å²) in [5.74, 6) is 0.924. The number of benzene rings is 1. The van der Waals surface area contributed by atoms with Crippen molar-refractivity contribution in [3.05, 3.63) is 29.8 Å². The Morgan fingerprint density at radius 2 is 1.80 bits per heavy atom. The van der Waals surface area contributed by atoms with Crippen LogP contribution in [-0.2, 0) is 9.47 Å². The van der Waals surface area contributed by atoms with E-state index in [0.29, 0.717) is 6.61 Å². The minimum Gasteiger partial charge on any atom is -0.494 e. The number of aryl methyl sites for hydroxylation is 1. The average molecular weight is 392 g/mol. The maximum absolute atomic E-state index is 5.64. The van der Waals surface area contributed by atoms with Gasteiger partial charge in [0.25, 0.3) is 0 Å². The van der Waals surface area contributed by atoms with Crippen LogP contribution in [0.5, 0.6) is 5.75 Å². The SMILES string of the molecule is COC(C)(CI)CCOCCCOc1ccc(C)cc1. The van der Waals surface area contributed by atoms with Gasteiger partial charge in [-0.05, 0) is 26.0 Å². The molecule has 0 fully saturated rings. The van der Waals surface area contributed by atoms with E-state index in [1.807, 2.05) is 12.1 Å². The molecule has 0 radical (unpaired) electrons. The maximum Gasteiger partial charge on any atom is 0.119 e. The van der Waals surface area contributed by atoms with Crippen LogP contribution in [0.4, 0.5) is 0 Å². The molecular weight excluding hydrogens is 367 g/mol. The lowest BCUT2D eigenvalue weighted by Gasteiger charge is -2.25. The molecule has 0 N–H and O–H groups in total. The molecule has 0 aliphatic carbocycles. The molecule has 0 spiro atoms. The Balaban J connectivity index is 2.04. The van der Waals surface area contributed by atoms with Crippen LogP contribution in [0.15, 0.2) is 24.3 Å². The lowest BCUT2D eigenvalue weighted by molar-refractivity contribution is -0.00519. The lowest BCUT2D eigenvalue weighted by Crippen LogP contribution is -2.30. The van der Waals surface area contributed by atoms with Crippen molar-refractivity contribution in [3.63, 3.8) is 0 Å². The highest BCUT2D eigenvalue weighted by Crippen LogP contribution is 2.17. The van der Waals surface area contributed by atoms with Crippen LogP contribution in [0, 0.1) is 6.92 Å². The van der Waals surface area contributed by atoms with E-state index in [1.54, 1.807) is 7.11 Å². The van der Waals surface area contributed by atoms with Crippen LogP contribution >= 0.6 is 22.6 Å². The zero-order chi connectivity index (χ0) is 14.8. The van der Waals surface area contributed by atoms with E-state index in [0.717, 1.165) is 36.2 Å². The zero-order valence-electron chi connectivity index (χ0n) is 12.7. The Kier molecular flexibility index (Phi) is 8.49. The molecule has 0 heterocycles. The standard InChI is InChI=1S/C16H25IO3/c1-14-5-7-15(8-6-14)20-11-4-10-19-12-9-16(2,13-17)18-3/h5-8H,4,9-13H2,1-3H3. The van der Waals surface area contributed by atoms with Gasteiger partial charge in [-0.3, -0.25) is 0 Å². The largest absolute Gasteiger partial charge is 0.494 e. The summed E-state index contributed by atoms with van der Waals surface area (Å²) in [5, 5.41) is 0. The van der Waals surface area contributed by atoms with Crippen LogP contribution in [0.3, 0.4) is 0 Å². The van der Waals surface area contributed by atoms with Crippen LogP contribution < -0.4 is 4.74 Å². The highest BCUT2D eigenvalue weighted by Gasteiger charge is 2.21. The van der Waals surface area contributed by atoms with Gasteiger partial charge in [0.2, 0.25) is 0 Å². The first kappa shape index (κ1) is 17.7. The topological polar surface area (TPSA) is 27.7 Å². The molecule has 114 valence electrons. The van der Waals surface area contributed by atoms with Crippen molar-refractivity contribution < 1.29 is 14.2 Å². The molecule has 1 unspecified atom stereocenters. The van der Waals surface area contributed by atoms with Crippen molar-refractivity contribution in [1.82, 2.24) is 0 Å². The van der Waals surface area contributed by atoms with Crippen molar-refractivity contribution in [2.75, 3.05) is 31.4 Å². The first-order valence-corrected chi connectivity index (χ1v) is 8.50. The molecule has 1 atom stereocenters. The highest BCUT2D eigenvalue weighted by atomic mass is 127. The van der Waals surface area contributed by atoms with Gasteiger partial charge in [0.05, 0.1) is 12.2 Å². The minimum absolute atomic E-state index is 0.0705. The van der Waals surface area contributed by atoms with Gasteiger partial charge in [0.1, 0.15) is 5.75 Å². The van der Waals surface area contributed by atoms with Crippen LogP contribution in [-0.4, -0.2) is 37.0 Å². The molecule has 0 saturated heterocycles.